The van der Waals surface area contributed by atoms with Crippen LogP contribution in [0.3, 0.4) is 0 Å². The fourth-order valence-corrected chi connectivity index (χ4v) is 10.2. The number of rotatable bonds is 8. The van der Waals surface area contributed by atoms with Gasteiger partial charge in [-0.2, -0.15) is 10.2 Å². The van der Waals surface area contributed by atoms with E-state index < -0.39 is 0 Å². The molecule has 0 N–H and O–H groups in total. The van der Waals surface area contributed by atoms with Gasteiger partial charge in [-0.15, -0.1) is 22.7 Å². The van der Waals surface area contributed by atoms with Crippen molar-refractivity contribution in [3.63, 3.8) is 0 Å². The molecule has 0 saturated carbocycles. The molecule has 0 bridgehead atoms. The highest BCUT2D eigenvalue weighted by Gasteiger charge is 2.24. The number of anilines is 1. The molecule has 6 heterocycles. The summed E-state index contributed by atoms with van der Waals surface area (Å²) in [4.78, 5) is 14.3. The van der Waals surface area contributed by atoms with Crippen LogP contribution in [0.4, 0.5) is 14.5 Å². The third-order valence-corrected chi connectivity index (χ3v) is 13.1. The second kappa shape index (κ2) is 14.8. The highest BCUT2D eigenvalue weighted by atomic mass is 32.1. The molecular formula is C43H47F2N7S2. The topological polar surface area (TPSA) is 63.6 Å². The molecule has 0 radical (unpaired) electrons. The summed E-state index contributed by atoms with van der Waals surface area (Å²) in [7, 11) is 0. The summed E-state index contributed by atoms with van der Waals surface area (Å²) in [5, 5.41) is 11.5. The predicted molar refractivity (Wildman–Crippen MR) is 223 cm³/mol. The standard InChI is InChI=1S/C22H24FN3S.C21H23FN4S/c1-6-15(7-2)18-10-12(3)25-26-20(14(5)24-22(18)26)21-13(4)17-11-16(23)8-9-19(17)27-21;1-6-25(7-2)17-10-12(3)24-26-19(14(5)23-21(17)26)20-13(4)16-11-15(22)8-9-18(16)27-20/h8-11,15H,6-7H2,1-5H3;8-11H,6-7H2,1-5H3. The van der Waals surface area contributed by atoms with E-state index >= 15 is 0 Å². The van der Waals surface area contributed by atoms with Crippen LogP contribution in [0.25, 0.3) is 52.6 Å². The number of thiophene rings is 2. The van der Waals surface area contributed by atoms with Crippen molar-refractivity contribution in [3.05, 3.63) is 99.6 Å². The van der Waals surface area contributed by atoms with Crippen LogP contribution in [-0.2, 0) is 0 Å². The Morgan fingerprint density at radius 3 is 1.57 bits per heavy atom. The lowest BCUT2D eigenvalue weighted by Crippen LogP contribution is -2.23. The van der Waals surface area contributed by atoms with Crippen LogP contribution in [0, 0.1) is 53.2 Å². The molecule has 0 aliphatic heterocycles. The summed E-state index contributed by atoms with van der Waals surface area (Å²) in [5.41, 5.74) is 12.2. The van der Waals surface area contributed by atoms with E-state index in [-0.39, 0.29) is 11.6 Å². The van der Waals surface area contributed by atoms with Gasteiger partial charge in [0.1, 0.15) is 23.0 Å². The molecule has 2 aromatic carbocycles. The molecule has 0 atom stereocenters. The van der Waals surface area contributed by atoms with E-state index in [0.717, 1.165) is 118 Å². The molecule has 0 aliphatic carbocycles. The number of fused-ring (bicyclic) bond motifs is 4. The lowest BCUT2D eigenvalue weighted by Gasteiger charge is -2.21. The van der Waals surface area contributed by atoms with Gasteiger partial charge in [0.25, 0.3) is 0 Å². The van der Waals surface area contributed by atoms with Crippen molar-refractivity contribution in [2.75, 3.05) is 18.0 Å². The Bertz CT molecular complexity index is 2490. The first-order valence-electron chi connectivity index (χ1n) is 18.8. The number of imidazole rings is 2. The number of hydrogen-bond acceptors (Lipinski definition) is 7. The molecule has 280 valence electrons. The largest absolute Gasteiger partial charge is 0.369 e. The number of hydrogen-bond donors (Lipinski definition) is 0. The fraction of sp³-hybridized carbons (Fsp3) is 0.349. The average molecular weight is 764 g/mol. The zero-order valence-corrected chi connectivity index (χ0v) is 34.4. The van der Waals surface area contributed by atoms with Crippen molar-refractivity contribution < 1.29 is 8.78 Å². The van der Waals surface area contributed by atoms with Crippen molar-refractivity contribution in [2.24, 2.45) is 0 Å². The van der Waals surface area contributed by atoms with Crippen molar-refractivity contribution >= 4 is 59.8 Å². The molecule has 0 aliphatic rings. The van der Waals surface area contributed by atoms with Crippen LogP contribution in [-0.4, -0.2) is 42.3 Å². The fourth-order valence-electron chi connectivity index (χ4n) is 7.69. The van der Waals surface area contributed by atoms with Crippen LogP contribution in [0.1, 0.15) is 85.9 Å². The quantitative estimate of drug-likeness (QED) is 0.154. The lowest BCUT2D eigenvalue weighted by atomic mass is 9.95. The molecule has 0 saturated heterocycles. The zero-order chi connectivity index (χ0) is 38.6. The molecule has 0 fully saturated rings. The van der Waals surface area contributed by atoms with Crippen LogP contribution in [0.15, 0.2) is 48.5 Å². The van der Waals surface area contributed by atoms with Crippen LogP contribution < -0.4 is 4.90 Å². The van der Waals surface area contributed by atoms with E-state index in [9.17, 15) is 8.78 Å². The number of aromatic nitrogens is 6. The molecule has 6 aromatic heterocycles. The zero-order valence-electron chi connectivity index (χ0n) is 32.7. The second-order valence-electron chi connectivity index (χ2n) is 14.1. The summed E-state index contributed by atoms with van der Waals surface area (Å²) in [5.74, 6) is 0.0684. The highest BCUT2D eigenvalue weighted by Crippen LogP contribution is 2.42. The van der Waals surface area contributed by atoms with E-state index in [4.69, 9.17) is 20.2 Å². The van der Waals surface area contributed by atoms with Crippen molar-refractivity contribution in [3.8, 4) is 21.1 Å². The highest BCUT2D eigenvalue weighted by molar-refractivity contribution is 7.22. The van der Waals surface area contributed by atoms with Gasteiger partial charge in [0.15, 0.2) is 11.3 Å². The van der Waals surface area contributed by atoms with Gasteiger partial charge in [0.05, 0.1) is 38.2 Å². The Kier molecular flexibility index (Phi) is 10.3. The first-order valence-corrected chi connectivity index (χ1v) is 20.4. The smallest absolute Gasteiger partial charge is 0.178 e. The van der Waals surface area contributed by atoms with Crippen LogP contribution in [0.5, 0.6) is 0 Å². The molecule has 11 heteroatoms. The minimum Gasteiger partial charge on any atom is -0.369 e. The summed E-state index contributed by atoms with van der Waals surface area (Å²) in [6.07, 6.45) is 2.16. The van der Waals surface area contributed by atoms with Gasteiger partial charge in [0.2, 0.25) is 0 Å². The maximum Gasteiger partial charge on any atom is 0.178 e. The first-order chi connectivity index (χ1) is 25.9. The summed E-state index contributed by atoms with van der Waals surface area (Å²) in [6, 6.07) is 14.3. The van der Waals surface area contributed by atoms with Crippen molar-refractivity contribution in [1.82, 2.24) is 29.2 Å². The Labute approximate surface area is 323 Å². The van der Waals surface area contributed by atoms with Gasteiger partial charge >= 0.3 is 0 Å². The SMILES string of the molecule is CCC(CC)c1cc(C)nn2c(-c3sc4ccc(F)cc4c3C)c(C)nc12.CCN(CC)c1cc(C)nn2c(-c3sc4ccc(F)cc4c3C)c(C)nc12. The molecule has 0 unspecified atom stereocenters. The van der Waals surface area contributed by atoms with Crippen molar-refractivity contribution in [1.29, 1.82) is 0 Å². The Morgan fingerprint density at radius 1 is 0.630 bits per heavy atom. The monoisotopic (exact) mass is 763 g/mol. The van der Waals surface area contributed by atoms with Gasteiger partial charge in [0, 0.05) is 28.1 Å². The first kappa shape index (κ1) is 37.6. The number of halogens is 2. The van der Waals surface area contributed by atoms with Crippen LogP contribution >= 0.6 is 22.7 Å². The maximum absolute atomic E-state index is 13.7. The number of nitrogens with zero attached hydrogens (tertiary/aromatic N) is 7. The maximum atomic E-state index is 13.7. The summed E-state index contributed by atoms with van der Waals surface area (Å²) >= 11 is 3.35. The average Bonchev–Trinajstić information content (AvgIpc) is 3.85. The van der Waals surface area contributed by atoms with E-state index in [0.29, 0.717) is 5.92 Å². The molecule has 54 heavy (non-hydrogen) atoms. The molecule has 0 amide bonds. The molecule has 8 rings (SSSR count). The lowest BCUT2D eigenvalue weighted by molar-refractivity contribution is 0.629. The minimum atomic E-state index is -0.206. The summed E-state index contributed by atoms with van der Waals surface area (Å²) in [6.45, 7) is 22.8. The third-order valence-electron chi connectivity index (χ3n) is 10.5. The Morgan fingerprint density at radius 2 is 1.09 bits per heavy atom. The molecule has 8 aromatic rings. The Hall–Kier alpha value is -4.74. The van der Waals surface area contributed by atoms with E-state index in [1.165, 1.54) is 17.7 Å². The number of aryl methyl sites for hydroxylation is 6. The molecule has 0 spiro atoms. The van der Waals surface area contributed by atoms with E-state index in [2.05, 4.69) is 51.7 Å². The van der Waals surface area contributed by atoms with Gasteiger partial charge in [-0.05, 0) is 145 Å². The molecule has 7 nitrogen and oxygen atoms in total. The van der Waals surface area contributed by atoms with Gasteiger partial charge in [-0.25, -0.2) is 27.8 Å². The van der Waals surface area contributed by atoms with Crippen LogP contribution in [0.2, 0.25) is 0 Å². The second-order valence-corrected chi connectivity index (χ2v) is 16.2. The van der Waals surface area contributed by atoms with E-state index in [1.54, 1.807) is 34.8 Å². The normalized spacial score (nSPS) is 11.8. The minimum absolute atomic E-state index is 0.199. The van der Waals surface area contributed by atoms with Gasteiger partial charge in [-0.3, -0.25) is 0 Å². The molecular weight excluding hydrogens is 717 g/mol. The third kappa shape index (κ3) is 6.45. The number of benzene rings is 2. The Balaban J connectivity index is 0.000000167. The van der Waals surface area contributed by atoms with E-state index in [1.807, 2.05) is 55.8 Å². The summed E-state index contributed by atoms with van der Waals surface area (Å²) < 4.78 is 33.6. The van der Waals surface area contributed by atoms with Gasteiger partial charge in [-0.1, -0.05) is 13.8 Å². The predicted octanol–water partition coefficient (Wildman–Crippen LogP) is 12.1. The van der Waals surface area contributed by atoms with Crippen molar-refractivity contribution in [2.45, 2.75) is 88.0 Å². The van der Waals surface area contributed by atoms with Gasteiger partial charge < -0.3 is 4.90 Å².